The molecular weight excluding hydrogens is 248 g/mol. The van der Waals surface area contributed by atoms with Crippen LogP contribution in [-0.4, -0.2) is 33.3 Å². The largest absolute Gasteiger partial charge is 0.495 e. The van der Waals surface area contributed by atoms with E-state index in [9.17, 15) is 0 Å². The molecule has 3 nitrogen and oxygen atoms in total. The summed E-state index contributed by atoms with van der Waals surface area (Å²) < 4.78 is 5.20. The molecule has 0 saturated carbocycles. The Hall–Kier alpha value is -0.930. The van der Waals surface area contributed by atoms with Crippen LogP contribution in [-0.2, 0) is 0 Å². The number of halogens is 1. The molecule has 1 fully saturated rings. The lowest BCUT2D eigenvalue weighted by Gasteiger charge is -2.29. The highest BCUT2D eigenvalue weighted by molar-refractivity contribution is 6.32. The van der Waals surface area contributed by atoms with Crippen molar-refractivity contribution in [2.45, 2.75) is 20.3 Å². The van der Waals surface area contributed by atoms with Crippen LogP contribution in [0.25, 0.3) is 0 Å². The maximum Gasteiger partial charge on any atom is 0.139 e. The fourth-order valence-electron chi connectivity index (χ4n) is 1.77. The van der Waals surface area contributed by atoms with Crippen molar-refractivity contribution in [3.05, 3.63) is 23.2 Å². The summed E-state index contributed by atoms with van der Waals surface area (Å²) in [6.07, 6.45) is 1.25. The minimum Gasteiger partial charge on any atom is -0.495 e. The molecule has 0 bridgehead atoms. The van der Waals surface area contributed by atoms with Crippen LogP contribution in [0.3, 0.4) is 0 Å². The van der Waals surface area contributed by atoms with Crippen LogP contribution in [0, 0.1) is 0 Å². The normalized spacial score (nSPS) is 14.8. The van der Waals surface area contributed by atoms with Crippen molar-refractivity contribution in [3.63, 3.8) is 0 Å². The molecule has 1 aliphatic heterocycles. The van der Waals surface area contributed by atoms with Gasteiger partial charge in [0.1, 0.15) is 5.75 Å². The molecule has 1 aliphatic rings. The van der Waals surface area contributed by atoms with Crippen LogP contribution in [0.2, 0.25) is 5.02 Å². The third kappa shape index (κ3) is 4.39. The number of rotatable bonds is 2. The lowest BCUT2D eigenvalue weighted by molar-refractivity contribution is 0.415. The third-order valence-corrected chi connectivity index (χ3v) is 2.93. The number of hydrogen-bond acceptors (Lipinski definition) is 3. The number of piperazine rings is 1. The molecule has 4 heteroatoms. The zero-order valence-corrected chi connectivity index (χ0v) is 12.3. The quantitative estimate of drug-likeness (QED) is 0.893. The number of hydrogen-bond donors (Lipinski definition) is 1. The van der Waals surface area contributed by atoms with Gasteiger partial charge >= 0.3 is 0 Å². The predicted molar refractivity (Wildman–Crippen MR) is 79.1 cm³/mol. The number of nitrogens with zero attached hydrogens (tertiary/aromatic N) is 1. The summed E-state index contributed by atoms with van der Waals surface area (Å²) in [5.74, 6) is 0.743. The number of ether oxygens (including phenoxy) is 1. The van der Waals surface area contributed by atoms with Gasteiger partial charge in [-0.2, -0.15) is 0 Å². The van der Waals surface area contributed by atoms with E-state index >= 15 is 0 Å². The van der Waals surface area contributed by atoms with E-state index in [-0.39, 0.29) is 0 Å². The second kappa shape index (κ2) is 8.22. The van der Waals surface area contributed by atoms with Crippen LogP contribution < -0.4 is 15.0 Å². The van der Waals surface area contributed by atoms with Crippen molar-refractivity contribution in [3.8, 4) is 5.75 Å². The van der Waals surface area contributed by atoms with Gasteiger partial charge < -0.3 is 15.0 Å². The number of benzene rings is 1. The molecule has 0 aromatic heterocycles. The molecule has 1 heterocycles. The summed E-state index contributed by atoms with van der Waals surface area (Å²) in [5, 5.41) is 3.99. The van der Waals surface area contributed by atoms with Crippen LogP contribution >= 0.6 is 11.6 Å². The van der Waals surface area contributed by atoms with E-state index < -0.39 is 0 Å². The lowest BCUT2D eigenvalue weighted by atomic mass is 10.2. The molecule has 0 amide bonds. The first-order valence-corrected chi connectivity index (χ1v) is 6.89. The van der Waals surface area contributed by atoms with E-state index in [0.717, 1.165) is 31.9 Å². The van der Waals surface area contributed by atoms with Crippen molar-refractivity contribution < 1.29 is 4.74 Å². The van der Waals surface area contributed by atoms with Crippen molar-refractivity contribution in [1.29, 1.82) is 0 Å². The zero-order chi connectivity index (χ0) is 13.4. The zero-order valence-electron chi connectivity index (χ0n) is 11.5. The highest BCUT2D eigenvalue weighted by atomic mass is 35.5. The summed E-state index contributed by atoms with van der Waals surface area (Å²) >= 11 is 5.98. The SMILES string of the molecule is CCC.COc1cc(N2CCNCC2)ccc1Cl. The highest BCUT2D eigenvalue weighted by Gasteiger charge is 2.11. The van der Waals surface area contributed by atoms with Crippen molar-refractivity contribution in [2.75, 3.05) is 38.2 Å². The molecule has 1 saturated heterocycles. The van der Waals surface area contributed by atoms with Crippen LogP contribution in [0.4, 0.5) is 5.69 Å². The van der Waals surface area contributed by atoms with Gasteiger partial charge in [0.05, 0.1) is 12.1 Å². The van der Waals surface area contributed by atoms with E-state index in [4.69, 9.17) is 16.3 Å². The molecule has 18 heavy (non-hydrogen) atoms. The molecule has 1 N–H and O–H groups in total. The highest BCUT2D eigenvalue weighted by Crippen LogP contribution is 2.29. The van der Waals surface area contributed by atoms with Crippen LogP contribution in [0.15, 0.2) is 18.2 Å². The van der Waals surface area contributed by atoms with Gasteiger partial charge in [0.2, 0.25) is 0 Å². The van der Waals surface area contributed by atoms with Crippen LogP contribution in [0.5, 0.6) is 5.75 Å². The molecule has 102 valence electrons. The maximum absolute atomic E-state index is 5.98. The summed E-state index contributed by atoms with van der Waals surface area (Å²) in [5.41, 5.74) is 1.18. The molecular formula is C14H23ClN2O. The summed E-state index contributed by atoms with van der Waals surface area (Å²) in [6, 6.07) is 5.92. The Morgan fingerprint density at radius 2 is 1.89 bits per heavy atom. The van der Waals surface area contributed by atoms with Gasteiger partial charge in [-0.1, -0.05) is 31.9 Å². The molecule has 2 rings (SSSR count). The topological polar surface area (TPSA) is 24.5 Å². The Morgan fingerprint density at radius 1 is 1.28 bits per heavy atom. The summed E-state index contributed by atoms with van der Waals surface area (Å²) in [4.78, 5) is 2.33. The predicted octanol–water partition coefficient (Wildman–Crippen LogP) is 3.17. The fraction of sp³-hybridized carbons (Fsp3) is 0.571. The molecule has 0 atom stereocenters. The second-order valence-electron chi connectivity index (χ2n) is 4.26. The Balaban J connectivity index is 0.000000492. The molecule has 0 radical (unpaired) electrons. The van der Waals surface area contributed by atoms with Crippen molar-refractivity contribution in [1.82, 2.24) is 5.32 Å². The second-order valence-corrected chi connectivity index (χ2v) is 4.67. The lowest BCUT2D eigenvalue weighted by Crippen LogP contribution is -2.43. The first kappa shape index (κ1) is 15.1. The van der Waals surface area contributed by atoms with E-state index in [1.54, 1.807) is 7.11 Å². The standard InChI is InChI=1S/C11H15ClN2O.C3H8/c1-15-11-8-9(2-3-10(11)12)14-6-4-13-5-7-14;1-3-2/h2-3,8,13H,4-7H2,1H3;3H2,1-2H3. The first-order valence-electron chi connectivity index (χ1n) is 6.52. The first-order chi connectivity index (χ1) is 8.72. The van der Waals surface area contributed by atoms with Crippen molar-refractivity contribution >= 4 is 17.3 Å². The van der Waals surface area contributed by atoms with Gasteiger partial charge in [-0.3, -0.25) is 0 Å². The van der Waals surface area contributed by atoms with Gasteiger partial charge in [0.25, 0.3) is 0 Å². The van der Waals surface area contributed by atoms with E-state index in [0.29, 0.717) is 5.02 Å². The molecule has 1 aromatic carbocycles. The molecule has 0 spiro atoms. The summed E-state index contributed by atoms with van der Waals surface area (Å²) in [7, 11) is 1.64. The molecule has 0 aliphatic carbocycles. The van der Waals surface area contributed by atoms with Gasteiger partial charge in [-0.05, 0) is 12.1 Å². The maximum atomic E-state index is 5.98. The summed E-state index contributed by atoms with van der Waals surface area (Å²) in [6.45, 7) is 8.38. The smallest absolute Gasteiger partial charge is 0.139 e. The average molecular weight is 271 g/mol. The van der Waals surface area contributed by atoms with Crippen molar-refractivity contribution in [2.24, 2.45) is 0 Å². The molecule has 1 aromatic rings. The van der Waals surface area contributed by atoms with Crippen LogP contribution in [0.1, 0.15) is 20.3 Å². The minimum atomic E-state index is 0.663. The Labute approximate surface area is 115 Å². The fourth-order valence-corrected chi connectivity index (χ4v) is 1.96. The van der Waals surface area contributed by atoms with Gasteiger partial charge in [-0.15, -0.1) is 0 Å². The van der Waals surface area contributed by atoms with E-state index in [2.05, 4.69) is 24.1 Å². The third-order valence-electron chi connectivity index (χ3n) is 2.62. The monoisotopic (exact) mass is 270 g/mol. The van der Waals surface area contributed by atoms with E-state index in [1.165, 1.54) is 12.1 Å². The number of methoxy groups -OCH3 is 1. The number of nitrogens with one attached hydrogen (secondary N) is 1. The molecule has 0 unspecified atom stereocenters. The van der Waals surface area contributed by atoms with E-state index in [1.807, 2.05) is 18.2 Å². The number of anilines is 1. The van der Waals surface area contributed by atoms with Gasteiger partial charge in [-0.25, -0.2) is 0 Å². The van der Waals surface area contributed by atoms with Gasteiger partial charge in [0, 0.05) is 37.9 Å². The minimum absolute atomic E-state index is 0.663. The average Bonchev–Trinajstić information content (AvgIpc) is 2.41. The Bertz CT molecular complexity index is 352. The Kier molecular flexibility index (Phi) is 6.91. The van der Waals surface area contributed by atoms with Gasteiger partial charge in [0.15, 0.2) is 0 Å². The Morgan fingerprint density at radius 3 is 2.44 bits per heavy atom.